The number of aryl methyl sites for hydroxylation is 3. The average Bonchev–Trinajstić information content (AvgIpc) is 3.35. The zero-order valence-corrected chi connectivity index (χ0v) is 24.2. The highest BCUT2D eigenvalue weighted by Gasteiger charge is 2.37. The summed E-state index contributed by atoms with van der Waals surface area (Å²) in [6.45, 7) is 9.46. The number of halogens is 4. The van der Waals surface area contributed by atoms with Crippen LogP contribution in [0.3, 0.4) is 0 Å². The Morgan fingerprint density at radius 3 is 2.54 bits per heavy atom. The second kappa shape index (κ2) is 12.0. The Morgan fingerprint density at radius 1 is 1.20 bits per heavy atom. The highest BCUT2D eigenvalue weighted by Crippen LogP contribution is 2.36. The van der Waals surface area contributed by atoms with Gasteiger partial charge in [0.15, 0.2) is 17.7 Å². The standard InChI is InChI=1S/C29H32ClF3N6O2/c1-6-9-20-17(7-2)13-18-21(36-20)12-16(5)25(24(18)28(41)35-15(3)4)37-27(40)22-14-23(29(31,32)33)38-39(22)26-19(30)10-8-11-34-26/h8,10-15,27,37,40H,6-7,9H2,1-5H3,(H,35,41). The van der Waals surface area contributed by atoms with Crippen LogP contribution in [-0.4, -0.2) is 36.8 Å². The van der Waals surface area contributed by atoms with Crippen LogP contribution in [0.4, 0.5) is 18.9 Å². The topological polar surface area (TPSA) is 105 Å². The van der Waals surface area contributed by atoms with Crippen LogP contribution in [-0.2, 0) is 19.0 Å². The second-order valence-corrected chi connectivity index (χ2v) is 10.5. The largest absolute Gasteiger partial charge is 0.435 e. The molecule has 3 heterocycles. The first kappa shape index (κ1) is 30.3. The van der Waals surface area contributed by atoms with Crippen LogP contribution in [0.1, 0.15) is 78.9 Å². The minimum atomic E-state index is -4.79. The van der Waals surface area contributed by atoms with Crippen molar-refractivity contribution in [3.8, 4) is 5.82 Å². The molecule has 0 saturated carbocycles. The number of hydrogen-bond donors (Lipinski definition) is 3. The third-order valence-electron chi connectivity index (χ3n) is 6.53. The molecule has 0 aliphatic carbocycles. The van der Waals surface area contributed by atoms with Gasteiger partial charge in [-0.15, -0.1) is 0 Å². The van der Waals surface area contributed by atoms with Crippen molar-refractivity contribution in [1.29, 1.82) is 0 Å². The van der Waals surface area contributed by atoms with Gasteiger partial charge in [0.2, 0.25) is 0 Å². The van der Waals surface area contributed by atoms with Gasteiger partial charge < -0.3 is 15.7 Å². The number of rotatable bonds is 9. The maximum atomic E-state index is 13.7. The van der Waals surface area contributed by atoms with Gasteiger partial charge in [0.05, 0.1) is 27.5 Å². The number of carbonyl (C=O) groups is 1. The summed E-state index contributed by atoms with van der Waals surface area (Å²) in [6, 6.07) is 7.23. The van der Waals surface area contributed by atoms with Gasteiger partial charge in [0.1, 0.15) is 0 Å². The summed E-state index contributed by atoms with van der Waals surface area (Å²) in [6.07, 6.45) is -2.77. The molecule has 8 nitrogen and oxygen atoms in total. The van der Waals surface area contributed by atoms with Gasteiger partial charge in [-0.3, -0.25) is 9.78 Å². The number of fused-ring (bicyclic) bond motifs is 1. The quantitative estimate of drug-likeness (QED) is 0.191. The Bertz CT molecular complexity index is 1590. The predicted molar refractivity (Wildman–Crippen MR) is 152 cm³/mol. The maximum absolute atomic E-state index is 13.7. The monoisotopic (exact) mass is 588 g/mol. The third kappa shape index (κ3) is 6.31. The van der Waals surface area contributed by atoms with E-state index in [0.717, 1.165) is 34.8 Å². The lowest BCUT2D eigenvalue weighted by Crippen LogP contribution is -2.31. The summed E-state index contributed by atoms with van der Waals surface area (Å²) in [5, 5.41) is 21.4. The van der Waals surface area contributed by atoms with E-state index in [9.17, 15) is 23.1 Å². The van der Waals surface area contributed by atoms with Gasteiger partial charge in [-0.1, -0.05) is 31.9 Å². The highest BCUT2D eigenvalue weighted by molar-refractivity contribution is 6.32. The van der Waals surface area contributed by atoms with Gasteiger partial charge in [-0.2, -0.15) is 18.3 Å². The van der Waals surface area contributed by atoms with E-state index in [1.165, 1.54) is 18.3 Å². The predicted octanol–water partition coefficient (Wildman–Crippen LogP) is 6.55. The van der Waals surface area contributed by atoms with Crippen molar-refractivity contribution >= 4 is 34.1 Å². The van der Waals surface area contributed by atoms with Crippen LogP contribution in [0.15, 0.2) is 36.5 Å². The van der Waals surface area contributed by atoms with Crippen LogP contribution in [0.2, 0.25) is 5.02 Å². The molecule has 0 saturated heterocycles. The van der Waals surface area contributed by atoms with Gasteiger partial charge >= 0.3 is 6.18 Å². The zero-order chi connectivity index (χ0) is 30.1. The fourth-order valence-corrected chi connectivity index (χ4v) is 4.89. The van der Waals surface area contributed by atoms with E-state index >= 15 is 0 Å². The number of benzene rings is 1. The van der Waals surface area contributed by atoms with Crippen LogP contribution in [0, 0.1) is 6.92 Å². The number of nitrogens with zero attached hydrogens (tertiary/aromatic N) is 4. The van der Waals surface area contributed by atoms with Crippen LogP contribution < -0.4 is 10.6 Å². The fourth-order valence-electron chi connectivity index (χ4n) is 4.69. The lowest BCUT2D eigenvalue weighted by molar-refractivity contribution is -0.141. The number of aliphatic hydroxyl groups is 1. The molecule has 4 rings (SSSR count). The average molecular weight is 589 g/mol. The third-order valence-corrected chi connectivity index (χ3v) is 6.83. The summed E-state index contributed by atoms with van der Waals surface area (Å²) in [4.78, 5) is 22.5. The lowest BCUT2D eigenvalue weighted by atomic mass is 9.96. The van der Waals surface area contributed by atoms with Crippen molar-refractivity contribution in [3.63, 3.8) is 0 Å². The number of nitrogens with one attached hydrogen (secondary N) is 2. The van der Waals surface area contributed by atoms with Crippen LogP contribution in [0.5, 0.6) is 0 Å². The number of aromatic nitrogens is 4. The maximum Gasteiger partial charge on any atom is 0.435 e. The molecular formula is C29H32ClF3N6O2. The van der Waals surface area contributed by atoms with Crippen molar-refractivity contribution in [2.75, 3.05) is 5.32 Å². The number of anilines is 1. The fraction of sp³-hybridized carbons (Fsp3) is 0.379. The summed E-state index contributed by atoms with van der Waals surface area (Å²) in [5.41, 5.74) is 2.12. The number of amides is 1. The molecule has 218 valence electrons. The smallest absolute Gasteiger partial charge is 0.368 e. The second-order valence-electron chi connectivity index (χ2n) is 10.1. The van der Waals surface area contributed by atoms with E-state index < -0.39 is 24.0 Å². The van der Waals surface area contributed by atoms with E-state index in [1.54, 1.807) is 13.0 Å². The first-order valence-electron chi connectivity index (χ1n) is 13.3. The Labute approximate surface area is 241 Å². The Balaban J connectivity index is 1.91. The molecule has 0 fully saturated rings. The van der Waals surface area contributed by atoms with E-state index in [4.69, 9.17) is 16.6 Å². The van der Waals surface area contributed by atoms with E-state index in [2.05, 4.69) is 27.6 Å². The molecule has 1 aromatic carbocycles. The summed E-state index contributed by atoms with van der Waals surface area (Å²) < 4.78 is 41.9. The zero-order valence-electron chi connectivity index (χ0n) is 23.4. The molecule has 3 aromatic heterocycles. The molecule has 0 aliphatic rings. The van der Waals surface area contributed by atoms with Crippen molar-refractivity contribution in [2.45, 2.75) is 72.3 Å². The first-order valence-corrected chi connectivity index (χ1v) is 13.7. The van der Waals surface area contributed by atoms with Gasteiger partial charge in [0, 0.05) is 23.3 Å². The van der Waals surface area contributed by atoms with E-state index in [0.29, 0.717) is 22.9 Å². The molecular weight excluding hydrogens is 557 g/mol. The molecule has 3 N–H and O–H groups in total. The summed E-state index contributed by atoms with van der Waals surface area (Å²) in [7, 11) is 0. The number of hydrogen-bond acceptors (Lipinski definition) is 6. The number of pyridine rings is 2. The highest BCUT2D eigenvalue weighted by atomic mass is 35.5. The molecule has 12 heteroatoms. The Morgan fingerprint density at radius 2 is 1.93 bits per heavy atom. The lowest BCUT2D eigenvalue weighted by Gasteiger charge is -2.22. The van der Waals surface area contributed by atoms with Gasteiger partial charge in [0.25, 0.3) is 5.91 Å². The number of alkyl halides is 3. The van der Waals surface area contributed by atoms with E-state index in [1.807, 2.05) is 26.8 Å². The minimum Gasteiger partial charge on any atom is -0.368 e. The summed E-state index contributed by atoms with van der Waals surface area (Å²) in [5.74, 6) is -0.499. The van der Waals surface area contributed by atoms with Crippen LogP contribution >= 0.6 is 11.6 Å². The molecule has 0 radical (unpaired) electrons. The van der Waals surface area contributed by atoms with Crippen LogP contribution in [0.25, 0.3) is 16.7 Å². The first-order chi connectivity index (χ1) is 19.3. The molecule has 41 heavy (non-hydrogen) atoms. The van der Waals surface area contributed by atoms with Gasteiger partial charge in [-0.05, 0) is 75.1 Å². The normalized spacial score (nSPS) is 12.7. The Kier molecular flexibility index (Phi) is 8.89. The van der Waals surface area contributed by atoms with Crippen molar-refractivity contribution in [2.24, 2.45) is 0 Å². The molecule has 1 amide bonds. The molecule has 0 aliphatic heterocycles. The molecule has 4 aromatic rings. The van der Waals surface area contributed by atoms with Crippen molar-refractivity contribution < 1.29 is 23.1 Å². The van der Waals surface area contributed by atoms with E-state index in [-0.39, 0.29) is 33.8 Å². The molecule has 0 bridgehead atoms. The van der Waals surface area contributed by atoms with Crippen molar-refractivity contribution in [1.82, 2.24) is 25.1 Å². The van der Waals surface area contributed by atoms with Gasteiger partial charge in [-0.25, -0.2) is 9.67 Å². The SMILES string of the molecule is CCCc1nc2cc(C)c(NC(O)c3cc(C(F)(F)F)nn3-c3ncccc3Cl)c(C(=O)NC(C)C)c2cc1CC. The minimum absolute atomic E-state index is 0.0395. The molecule has 1 atom stereocenters. The van der Waals surface area contributed by atoms with Crippen molar-refractivity contribution in [3.05, 3.63) is 75.3 Å². The number of aliphatic hydroxyl groups excluding tert-OH is 1. The Hall–Kier alpha value is -3.70. The molecule has 1 unspecified atom stereocenters. The number of carbonyl (C=O) groups excluding carboxylic acids is 1. The summed E-state index contributed by atoms with van der Waals surface area (Å²) >= 11 is 6.22. The molecule has 0 spiro atoms.